The van der Waals surface area contributed by atoms with Crippen molar-refractivity contribution in [2.45, 2.75) is 33.0 Å². The number of β-amino-alcohol motifs (C(OH)–C–C–N with tert-alkyl or cyclic N) is 1. The molecule has 4 nitrogen and oxygen atoms in total. The van der Waals surface area contributed by atoms with Crippen LogP contribution < -0.4 is 0 Å². The Morgan fingerprint density at radius 3 is 2.77 bits per heavy atom. The number of hydrogen-bond acceptors (Lipinski definition) is 3. The van der Waals surface area contributed by atoms with Crippen molar-refractivity contribution in [3.05, 3.63) is 52.6 Å². The van der Waals surface area contributed by atoms with Crippen LogP contribution in [0.3, 0.4) is 0 Å². The molecule has 2 heterocycles. The molecule has 0 unspecified atom stereocenters. The van der Waals surface area contributed by atoms with Gasteiger partial charge in [0, 0.05) is 37.0 Å². The van der Waals surface area contributed by atoms with Crippen molar-refractivity contribution >= 4 is 0 Å². The SMILES string of the molecule is Cc1nc2n(c1C)CCN(C[C@@H](O)c1ccc(F)cc1F)C2. The Morgan fingerprint density at radius 1 is 1.27 bits per heavy atom. The van der Waals surface area contributed by atoms with E-state index in [1.54, 1.807) is 0 Å². The lowest BCUT2D eigenvalue weighted by atomic mass is 10.1. The van der Waals surface area contributed by atoms with Gasteiger partial charge in [0.2, 0.25) is 0 Å². The third-order valence-electron chi connectivity index (χ3n) is 4.29. The zero-order valence-electron chi connectivity index (χ0n) is 12.7. The van der Waals surface area contributed by atoms with E-state index in [1.807, 2.05) is 18.7 Å². The molecule has 1 aromatic heterocycles. The Morgan fingerprint density at radius 2 is 2.05 bits per heavy atom. The van der Waals surface area contributed by atoms with Gasteiger partial charge >= 0.3 is 0 Å². The molecule has 6 heteroatoms. The van der Waals surface area contributed by atoms with Gasteiger partial charge in [-0.3, -0.25) is 4.90 Å². The van der Waals surface area contributed by atoms with Crippen molar-refractivity contribution in [3.63, 3.8) is 0 Å². The number of aliphatic hydroxyl groups is 1. The normalized spacial score (nSPS) is 16.6. The second kappa shape index (κ2) is 5.78. The maximum Gasteiger partial charge on any atom is 0.131 e. The van der Waals surface area contributed by atoms with Crippen LogP contribution in [0.25, 0.3) is 0 Å². The van der Waals surface area contributed by atoms with E-state index in [9.17, 15) is 13.9 Å². The molecule has 0 bridgehead atoms. The molecule has 0 fully saturated rings. The van der Waals surface area contributed by atoms with E-state index in [0.29, 0.717) is 13.1 Å². The molecule has 118 valence electrons. The van der Waals surface area contributed by atoms with Gasteiger partial charge < -0.3 is 9.67 Å². The molecule has 0 amide bonds. The van der Waals surface area contributed by atoms with Gasteiger partial charge in [-0.15, -0.1) is 0 Å². The highest BCUT2D eigenvalue weighted by atomic mass is 19.1. The fraction of sp³-hybridized carbons (Fsp3) is 0.438. The van der Waals surface area contributed by atoms with Gasteiger partial charge in [-0.25, -0.2) is 13.8 Å². The van der Waals surface area contributed by atoms with Crippen molar-refractivity contribution in [2.75, 3.05) is 13.1 Å². The van der Waals surface area contributed by atoms with Crippen LogP contribution in [0.4, 0.5) is 8.78 Å². The number of nitrogens with zero attached hydrogens (tertiary/aromatic N) is 3. The van der Waals surface area contributed by atoms with Gasteiger partial charge in [-0.05, 0) is 19.9 Å². The van der Waals surface area contributed by atoms with E-state index in [0.717, 1.165) is 36.7 Å². The monoisotopic (exact) mass is 307 g/mol. The van der Waals surface area contributed by atoms with E-state index in [1.165, 1.54) is 11.8 Å². The van der Waals surface area contributed by atoms with Gasteiger partial charge in [0.25, 0.3) is 0 Å². The highest BCUT2D eigenvalue weighted by molar-refractivity contribution is 5.21. The number of fused-ring (bicyclic) bond motifs is 1. The lowest BCUT2D eigenvalue weighted by Gasteiger charge is -2.30. The quantitative estimate of drug-likeness (QED) is 0.946. The Labute approximate surface area is 128 Å². The Bertz CT molecular complexity index is 699. The number of benzene rings is 1. The Kier molecular flexibility index (Phi) is 3.97. The van der Waals surface area contributed by atoms with E-state index < -0.39 is 17.7 Å². The zero-order chi connectivity index (χ0) is 15.9. The Balaban J connectivity index is 1.71. The maximum atomic E-state index is 13.7. The maximum absolute atomic E-state index is 13.7. The summed E-state index contributed by atoms with van der Waals surface area (Å²) in [6, 6.07) is 3.26. The summed E-state index contributed by atoms with van der Waals surface area (Å²) in [6.45, 7) is 6.52. The second-order valence-electron chi connectivity index (χ2n) is 5.77. The number of halogens is 2. The zero-order valence-corrected chi connectivity index (χ0v) is 12.7. The first-order valence-corrected chi connectivity index (χ1v) is 7.33. The van der Waals surface area contributed by atoms with E-state index >= 15 is 0 Å². The molecular formula is C16H19F2N3O. The largest absolute Gasteiger partial charge is 0.387 e. The summed E-state index contributed by atoms with van der Waals surface area (Å²) in [6.07, 6.45) is -0.982. The fourth-order valence-corrected chi connectivity index (χ4v) is 2.93. The van der Waals surface area contributed by atoms with Crippen molar-refractivity contribution in [3.8, 4) is 0 Å². The molecule has 1 N–H and O–H groups in total. The summed E-state index contributed by atoms with van der Waals surface area (Å²) in [5, 5.41) is 10.2. The highest BCUT2D eigenvalue weighted by Gasteiger charge is 2.23. The third kappa shape index (κ3) is 2.76. The molecule has 2 aromatic rings. The van der Waals surface area contributed by atoms with Gasteiger partial charge in [0.15, 0.2) is 0 Å². The molecule has 1 aliphatic heterocycles. The molecule has 0 radical (unpaired) electrons. The first-order valence-electron chi connectivity index (χ1n) is 7.33. The minimum absolute atomic E-state index is 0.127. The van der Waals surface area contributed by atoms with Crippen LogP contribution in [-0.4, -0.2) is 32.6 Å². The summed E-state index contributed by atoms with van der Waals surface area (Å²) in [7, 11) is 0. The molecular weight excluding hydrogens is 288 g/mol. The molecule has 0 aliphatic carbocycles. The van der Waals surface area contributed by atoms with Gasteiger partial charge in [-0.2, -0.15) is 0 Å². The summed E-state index contributed by atoms with van der Waals surface area (Å²) in [5.41, 5.74) is 2.31. The number of rotatable bonds is 3. The van der Waals surface area contributed by atoms with Gasteiger partial charge in [0.1, 0.15) is 17.5 Å². The predicted molar refractivity (Wildman–Crippen MR) is 78.3 cm³/mol. The topological polar surface area (TPSA) is 41.3 Å². The number of hydrogen-bond donors (Lipinski definition) is 1. The van der Waals surface area contributed by atoms with Crippen LogP contribution in [0.15, 0.2) is 18.2 Å². The van der Waals surface area contributed by atoms with Gasteiger partial charge in [0.05, 0.1) is 18.3 Å². The fourth-order valence-electron chi connectivity index (χ4n) is 2.93. The first-order chi connectivity index (χ1) is 10.5. The van der Waals surface area contributed by atoms with Crippen LogP contribution >= 0.6 is 0 Å². The molecule has 0 saturated carbocycles. The lowest BCUT2D eigenvalue weighted by Crippen LogP contribution is -2.37. The number of aliphatic hydroxyl groups excluding tert-OH is 1. The summed E-state index contributed by atoms with van der Waals surface area (Å²) in [4.78, 5) is 6.56. The second-order valence-corrected chi connectivity index (χ2v) is 5.77. The first kappa shape index (κ1) is 15.1. The average Bonchev–Trinajstić information content (AvgIpc) is 2.73. The van der Waals surface area contributed by atoms with Crippen molar-refractivity contribution in [1.29, 1.82) is 0 Å². The van der Waals surface area contributed by atoms with E-state index in [4.69, 9.17) is 0 Å². The molecule has 0 saturated heterocycles. The summed E-state index contributed by atoms with van der Waals surface area (Å²) >= 11 is 0. The minimum atomic E-state index is -0.982. The summed E-state index contributed by atoms with van der Waals surface area (Å²) in [5.74, 6) is -0.384. The molecule has 3 rings (SSSR count). The predicted octanol–water partition coefficient (Wildman–Crippen LogP) is 2.33. The van der Waals surface area contributed by atoms with Crippen LogP contribution in [0.5, 0.6) is 0 Å². The summed E-state index contributed by atoms with van der Waals surface area (Å²) < 4.78 is 28.8. The van der Waals surface area contributed by atoms with Crippen molar-refractivity contribution < 1.29 is 13.9 Å². The van der Waals surface area contributed by atoms with Crippen LogP contribution in [0.1, 0.15) is 28.9 Å². The average molecular weight is 307 g/mol. The van der Waals surface area contributed by atoms with E-state index in [-0.39, 0.29) is 5.56 Å². The number of aryl methyl sites for hydroxylation is 1. The smallest absolute Gasteiger partial charge is 0.131 e. The molecule has 1 aliphatic rings. The number of imidazole rings is 1. The third-order valence-corrected chi connectivity index (χ3v) is 4.29. The standard InChI is InChI=1S/C16H19F2N3O/c1-10-11(2)21-6-5-20(9-16(21)19-10)8-15(22)13-4-3-12(17)7-14(13)18/h3-4,7,15,22H,5-6,8-9H2,1-2H3/t15-/m1/s1. The van der Waals surface area contributed by atoms with Crippen molar-refractivity contribution in [2.24, 2.45) is 0 Å². The molecule has 22 heavy (non-hydrogen) atoms. The molecule has 1 aromatic carbocycles. The highest BCUT2D eigenvalue weighted by Crippen LogP contribution is 2.22. The minimum Gasteiger partial charge on any atom is -0.387 e. The van der Waals surface area contributed by atoms with Crippen molar-refractivity contribution in [1.82, 2.24) is 14.5 Å². The van der Waals surface area contributed by atoms with Gasteiger partial charge in [-0.1, -0.05) is 6.07 Å². The molecule has 0 spiro atoms. The lowest BCUT2D eigenvalue weighted by molar-refractivity contribution is 0.0934. The van der Waals surface area contributed by atoms with Crippen LogP contribution in [-0.2, 0) is 13.1 Å². The number of aromatic nitrogens is 2. The Hall–Kier alpha value is -1.79. The van der Waals surface area contributed by atoms with E-state index in [2.05, 4.69) is 9.55 Å². The van der Waals surface area contributed by atoms with Crippen LogP contribution in [0.2, 0.25) is 0 Å². The molecule has 1 atom stereocenters. The van der Waals surface area contributed by atoms with Crippen LogP contribution in [0, 0.1) is 25.5 Å².